The van der Waals surface area contributed by atoms with E-state index in [0.29, 0.717) is 23.9 Å². The second-order valence-corrected chi connectivity index (χ2v) is 26.3. The van der Waals surface area contributed by atoms with E-state index in [1.54, 1.807) is 0 Å². The number of rotatable bonds is 64. The summed E-state index contributed by atoms with van der Waals surface area (Å²) < 4.78 is 23.9. The van der Waals surface area contributed by atoms with E-state index in [9.17, 15) is 19.4 Å². The molecule has 0 fully saturated rings. The van der Waals surface area contributed by atoms with E-state index < -0.39 is 20.0 Å². The molecule has 0 saturated carbocycles. The number of likely N-dealkylation sites (N-methyl/N-ethyl adjacent to an activating group) is 1. The highest BCUT2D eigenvalue weighted by Gasteiger charge is 2.28. The first-order chi connectivity index (χ1) is 42.0. The molecule has 0 bridgehead atoms. The molecule has 3 atom stereocenters. The van der Waals surface area contributed by atoms with Crippen LogP contribution >= 0.6 is 7.82 Å². The molecule has 0 spiro atoms. The van der Waals surface area contributed by atoms with Crippen LogP contribution in [0.25, 0.3) is 0 Å². The molecule has 0 aromatic rings. The molecule has 0 aromatic heterocycles. The van der Waals surface area contributed by atoms with Crippen molar-refractivity contribution in [3.05, 3.63) is 134 Å². The SMILES string of the molecule is CC/C=C\C/C=C\C/C=C\C/C=C\C/C=C\C/C=C\C/C=C\C/C=C\C/C=C\C/C=C\C/C=C\CCCCCC(=O)NC(COP(=O)(O)OCC[N+](C)(C)C)C(O)CCCCCCCCCCCCCCCCCCCCCCCCCCCCC. The lowest BCUT2D eigenvalue weighted by Crippen LogP contribution is -2.46. The first kappa shape index (κ1) is 82.6. The number of carbonyl (C=O) groups is 1. The number of aliphatic hydroxyl groups is 1. The minimum absolute atomic E-state index is 0.0613. The predicted octanol–water partition coefficient (Wildman–Crippen LogP) is 23.0. The van der Waals surface area contributed by atoms with Crippen LogP contribution in [0.4, 0.5) is 0 Å². The van der Waals surface area contributed by atoms with Gasteiger partial charge in [-0.2, -0.15) is 0 Å². The predicted molar refractivity (Wildman–Crippen MR) is 378 cm³/mol. The molecule has 0 rings (SSSR count). The number of amides is 1. The second kappa shape index (κ2) is 66.1. The molecule has 9 heteroatoms. The largest absolute Gasteiger partial charge is 0.472 e. The van der Waals surface area contributed by atoms with Gasteiger partial charge in [0.15, 0.2) is 0 Å². The van der Waals surface area contributed by atoms with Crippen LogP contribution in [0, 0.1) is 0 Å². The van der Waals surface area contributed by atoms with Crippen LogP contribution in [0.3, 0.4) is 0 Å². The topological polar surface area (TPSA) is 105 Å². The van der Waals surface area contributed by atoms with Crippen molar-refractivity contribution in [2.45, 2.75) is 309 Å². The van der Waals surface area contributed by atoms with E-state index >= 15 is 0 Å². The lowest BCUT2D eigenvalue weighted by atomic mass is 10.0. The molecule has 1 amide bonds. The number of allylic oxidation sites excluding steroid dienone is 22. The molecule has 0 radical (unpaired) electrons. The molecule has 0 aromatic carbocycles. The number of quaternary nitrogens is 1. The number of phosphoric ester groups is 1. The Labute approximate surface area is 532 Å². The Kier molecular flexibility index (Phi) is 63.5. The molecule has 8 nitrogen and oxygen atoms in total. The molecule has 0 aliphatic carbocycles. The fraction of sp³-hybridized carbons (Fsp3) is 0.701. The van der Waals surface area contributed by atoms with E-state index in [-0.39, 0.29) is 19.1 Å². The minimum Gasteiger partial charge on any atom is -0.391 e. The number of aliphatic hydroxyl groups excluding tert-OH is 1. The highest BCUT2D eigenvalue weighted by molar-refractivity contribution is 7.47. The first-order valence-corrected chi connectivity index (χ1v) is 37.0. The van der Waals surface area contributed by atoms with Crippen LogP contribution in [-0.2, 0) is 18.4 Å². The Bertz CT molecular complexity index is 1870. The summed E-state index contributed by atoms with van der Waals surface area (Å²) in [4.78, 5) is 23.5. The van der Waals surface area contributed by atoms with E-state index in [1.165, 1.54) is 154 Å². The lowest BCUT2D eigenvalue weighted by molar-refractivity contribution is -0.870. The maximum Gasteiger partial charge on any atom is 0.472 e. The van der Waals surface area contributed by atoms with Crippen LogP contribution in [-0.4, -0.2) is 73.4 Å². The molecule has 0 saturated heterocycles. The van der Waals surface area contributed by atoms with Crippen LogP contribution in [0.15, 0.2) is 134 Å². The smallest absolute Gasteiger partial charge is 0.391 e. The molecule has 3 N–H and O–H groups in total. The lowest BCUT2D eigenvalue weighted by Gasteiger charge is -2.26. The number of hydrogen-bond acceptors (Lipinski definition) is 5. The third kappa shape index (κ3) is 68.1. The number of phosphoric acid groups is 1. The van der Waals surface area contributed by atoms with Gasteiger partial charge in [-0.25, -0.2) is 4.57 Å². The molecule has 86 heavy (non-hydrogen) atoms. The molecule has 0 aliphatic heterocycles. The van der Waals surface area contributed by atoms with Gasteiger partial charge in [0.1, 0.15) is 13.2 Å². The van der Waals surface area contributed by atoms with Gasteiger partial charge in [-0.1, -0.05) is 327 Å². The van der Waals surface area contributed by atoms with E-state index in [0.717, 1.165) is 116 Å². The highest BCUT2D eigenvalue weighted by Crippen LogP contribution is 2.43. The quantitative estimate of drug-likeness (QED) is 0.0243. The summed E-state index contributed by atoms with van der Waals surface area (Å²) >= 11 is 0. The third-order valence-corrected chi connectivity index (χ3v) is 16.4. The monoisotopic (exact) mass is 1220 g/mol. The Balaban J connectivity index is 4.18. The zero-order valence-electron chi connectivity index (χ0n) is 56.5. The van der Waals surface area contributed by atoms with Gasteiger partial charge in [0.25, 0.3) is 0 Å². The van der Waals surface area contributed by atoms with E-state index in [1.807, 2.05) is 21.1 Å². The van der Waals surface area contributed by atoms with Crippen molar-refractivity contribution >= 4 is 13.7 Å². The third-order valence-electron chi connectivity index (χ3n) is 15.4. The van der Waals surface area contributed by atoms with Gasteiger partial charge in [0.2, 0.25) is 5.91 Å². The Morgan fingerprint density at radius 2 is 0.698 bits per heavy atom. The summed E-state index contributed by atoms with van der Waals surface area (Å²) in [5, 5.41) is 14.1. The maximum atomic E-state index is 13.1. The summed E-state index contributed by atoms with van der Waals surface area (Å²) in [6.07, 6.45) is 99.8. The van der Waals surface area contributed by atoms with Crippen molar-refractivity contribution in [3.8, 4) is 0 Å². The first-order valence-electron chi connectivity index (χ1n) is 35.5. The van der Waals surface area contributed by atoms with E-state index in [2.05, 4.69) is 153 Å². The number of unbranched alkanes of at least 4 members (excludes halogenated alkanes) is 29. The molecule has 0 aliphatic rings. The van der Waals surface area contributed by atoms with Crippen LogP contribution in [0.5, 0.6) is 0 Å². The summed E-state index contributed by atoms with van der Waals surface area (Å²) in [5.74, 6) is -0.178. The van der Waals surface area contributed by atoms with Gasteiger partial charge in [0.05, 0.1) is 39.9 Å². The number of carbonyl (C=O) groups excluding carboxylic acids is 1. The van der Waals surface area contributed by atoms with Crippen LogP contribution in [0.2, 0.25) is 0 Å². The Morgan fingerprint density at radius 1 is 0.407 bits per heavy atom. The fourth-order valence-corrected chi connectivity index (χ4v) is 10.7. The van der Waals surface area contributed by atoms with Gasteiger partial charge in [-0.3, -0.25) is 13.8 Å². The zero-order chi connectivity index (χ0) is 62.6. The van der Waals surface area contributed by atoms with Gasteiger partial charge < -0.3 is 19.8 Å². The molecular weight excluding hydrogens is 1080 g/mol. The van der Waals surface area contributed by atoms with Crippen molar-refractivity contribution in [1.82, 2.24) is 5.32 Å². The summed E-state index contributed by atoms with van der Waals surface area (Å²) in [5.41, 5.74) is 0. The summed E-state index contributed by atoms with van der Waals surface area (Å²) in [6.45, 7) is 4.77. The average Bonchev–Trinajstić information content (AvgIpc) is 3.70. The molecule has 3 unspecified atom stereocenters. The number of nitrogens with zero attached hydrogens (tertiary/aromatic N) is 1. The number of nitrogens with one attached hydrogen (secondary N) is 1. The van der Waals surface area contributed by atoms with Crippen molar-refractivity contribution < 1.29 is 32.9 Å². The van der Waals surface area contributed by atoms with Crippen LogP contribution in [0.1, 0.15) is 296 Å². The van der Waals surface area contributed by atoms with Gasteiger partial charge in [0, 0.05) is 6.42 Å². The highest BCUT2D eigenvalue weighted by atomic mass is 31.2. The van der Waals surface area contributed by atoms with Crippen molar-refractivity contribution in [2.75, 3.05) is 40.9 Å². The second-order valence-electron chi connectivity index (χ2n) is 24.9. The fourth-order valence-electron chi connectivity index (χ4n) is 9.94. The van der Waals surface area contributed by atoms with Crippen LogP contribution < -0.4 is 5.32 Å². The summed E-state index contributed by atoms with van der Waals surface area (Å²) in [7, 11) is 1.58. The molecule has 494 valence electrons. The van der Waals surface area contributed by atoms with Gasteiger partial charge in [-0.15, -0.1) is 0 Å². The zero-order valence-corrected chi connectivity index (χ0v) is 57.4. The molecular formula is C77H136N2O6P+. The van der Waals surface area contributed by atoms with Gasteiger partial charge >= 0.3 is 7.82 Å². The number of hydrogen-bond donors (Lipinski definition) is 3. The standard InChI is InChI=1S/C77H135N2O6P/c1-6-8-10-12-14-16-18-20-22-24-26-28-30-32-34-35-36-37-38-39-40-41-42-43-45-47-49-51-53-55-57-59-61-63-65-67-69-71-77(81)78-75(74-85-86(82,83)84-73-72-79(3,4)5)76(80)70-68-66-64-62-60-58-56-54-52-50-48-46-44-33-31-29-27-25-23-21-19-17-15-13-11-9-7-2/h8,10,14,16,20,22,26,28,32,34,36-37,39-40,42-43,47,49,53,55,59,61,75-76,80H,6-7,9,11-13,15,17-19,21,23-25,27,29-31,33,35,38,41,44-46,48,50-52,54,56-58,60,62-74H2,1-5H3,(H-,78,81,82,83)/p+1/b10-8-,16-14-,22-20-,28-26-,34-32-,37-36-,40-39-,43-42-,49-47-,55-53-,61-59-. The summed E-state index contributed by atoms with van der Waals surface area (Å²) in [6, 6.07) is -0.791. The Morgan fingerprint density at radius 3 is 1.01 bits per heavy atom. The van der Waals surface area contributed by atoms with Crippen molar-refractivity contribution in [2.24, 2.45) is 0 Å². The van der Waals surface area contributed by atoms with Crippen molar-refractivity contribution in [1.29, 1.82) is 0 Å². The van der Waals surface area contributed by atoms with Gasteiger partial charge in [-0.05, 0) is 96.3 Å². The van der Waals surface area contributed by atoms with Crippen molar-refractivity contribution in [3.63, 3.8) is 0 Å². The molecule has 0 heterocycles. The average molecular weight is 1220 g/mol. The normalized spacial score (nSPS) is 14.5. The van der Waals surface area contributed by atoms with E-state index in [4.69, 9.17) is 9.05 Å². The maximum absolute atomic E-state index is 13.1. The Hall–Kier alpha value is -3.36. The minimum atomic E-state index is -4.35.